The number of methoxy groups -OCH3 is 1. The Balaban J connectivity index is 1.92. The van der Waals surface area contributed by atoms with Gasteiger partial charge in [0, 0.05) is 11.3 Å². The molecular weight excluding hydrogens is 468 g/mol. The van der Waals surface area contributed by atoms with Crippen LogP contribution >= 0.6 is 11.6 Å². The van der Waals surface area contributed by atoms with Gasteiger partial charge in [-0.25, -0.2) is 20.2 Å². The van der Waals surface area contributed by atoms with E-state index >= 15 is 0 Å². The summed E-state index contributed by atoms with van der Waals surface area (Å²) in [5, 5.41) is 0.999. The number of hydrogen-bond donors (Lipinski definition) is 3. The van der Waals surface area contributed by atoms with E-state index < -0.39 is 11.7 Å². The van der Waals surface area contributed by atoms with Gasteiger partial charge in [0.25, 0.3) is 0 Å². The molecular formula is C25H27ClN6O3. The van der Waals surface area contributed by atoms with Crippen molar-refractivity contribution in [1.82, 2.24) is 20.0 Å². The van der Waals surface area contributed by atoms with E-state index in [2.05, 4.69) is 20.8 Å². The number of amides is 1. The molecule has 4 aromatic rings. The number of carbonyl (C=O) groups is 1. The van der Waals surface area contributed by atoms with Crippen LogP contribution in [0.25, 0.3) is 27.8 Å². The summed E-state index contributed by atoms with van der Waals surface area (Å²) in [5.74, 6) is 1.06. The van der Waals surface area contributed by atoms with Gasteiger partial charge in [-0.05, 0) is 63.1 Å². The lowest BCUT2D eigenvalue weighted by Gasteiger charge is -2.20. The van der Waals surface area contributed by atoms with Gasteiger partial charge in [-0.3, -0.25) is 9.99 Å². The summed E-state index contributed by atoms with van der Waals surface area (Å²) in [4.78, 5) is 21.2. The molecule has 4 N–H and O–H groups in total. The van der Waals surface area contributed by atoms with Crippen LogP contribution in [0.15, 0.2) is 48.8 Å². The van der Waals surface area contributed by atoms with Crippen LogP contribution in [0.4, 0.5) is 16.3 Å². The van der Waals surface area contributed by atoms with Crippen molar-refractivity contribution < 1.29 is 14.3 Å². The second kappa shape index (κ2) is 9.34. The van der Waals surface area contributed by atoms with Gasteiger partial charge >= 0.3 is 6.09 Å². The summed E-state index contributed by atoms with van der Waals surface area (Å²) in [7, 11) is 1.62. The number of nitrogens with zero attached hydrogens (tertiary/aromatic N) is 3. The zero-order valence-electron chi connectivity index (χ0n) is 20.1. The summed E-state index contributed by atoms with van der Waals surface area (Å²) in [5.41, 5.74) is 15.1. The van der Waals surface area contributed by atoms with Gasteiger partial charge in [0.05, 0.1) is 18.2 Å². The number of aryl methyl sites for hydroxylation is 1. The molecule has 0 aliphatic heterocycles. The average Bonchev–Trinajstić information content (AvgIpc) is 3.09. The van der Waals surface area contributed by atoms with Crippen LogP contribution in [-0.2, 0) is 4.74 Å². The van der Waals surface area contributed by atoms with Crippen LogP contribution in [0.3, 0.4) is 0 Å². The molecule has 0 saturated carbocycles. The van der Waals surface area contributed by atoms with Gasteiger partial charge in [-0.2, -0.15) is 0 Å². The number of anilines is 2. The molecule has 2 aromatic heterocycles. The Kier molecular flexibility index (Phi) is 6.45. The largest absolute Gasteiger partial charge is 0.496 e. The Labute approximate surface area is 208 Å². The number of nitrogens with two attached hydrogens (primary N) is 1. The first-order chi connectivity index (χ1) is 16.6. The monoisotopic (exact) mass is 494 g/mol. The molecule has 0 unspecified atom stereocenters. The molecule has 0 atom stereocenters. The number of hydrogen-bond acceptors (Lipinski definition) is 7. The zero-order valence-corrected chi connectivity index (χ0v) is 20.9. The topological polar surface area (TPSA) is 116 Å². The van der Waals surface area contributed by atoms with E-state index in [9.17, 15) is 4.79 Å². The van der Waals surface area contributed by atoms with E-state index in [0.717, 1.165) is 16.8 Å². The standard InChI is InChI=1S/C25H27ClN6O3/c1-14-9-10-15(11-18(14)34-5)19-20-22(30-31-24(33)35-25(2,3)4)28-13-29-23(20)32(21(19)26)17-8-6-7-16(27)12-17/h6-13H,27H2,1-5H3,(H,31,33)(H,28,29,30). The number of hydrazine groups is 1. The van der Waals surface area contributed by atoms with Crippen LogP contribution in [0.5, 0.6) is 5.75 Å². The number of aromatic nitrogens is 3. The fourth-order valence-corrected chi connectivity index (χ4v) is 4.11. The summed E-state index contributed by atoms with van der Waals surface area (Å²) in [6.45, 7) is 7.30. The molecule has 182 valence electrons. The first-order valence-electron chi connectivity index (χ1n) is 10.9. The minimum atomic E-state index is -0.657. The Hall–Kier alpha value is -3.98. The normalized spacial score (nSPS) is 11.4. The number of carbonyl (C=O) groups excluding carboxylic acids is 1. The molecule has 1 amide bonds. The molecule has 4 rings (SSSR count). The molecule has 0 bridgehead atoms. The quantitative estimate of drug-likeness (QED) is 0.248. The number of benzene rings is 2. The molecule has 10 heteroatoms. The van der Waals surface area contributed by atoms with Crippen molar-refractivity contribution in [3.8, 4) is 22.6 Å². The van der Waals surface area contributed by atoms with Crippen LogP contribution in [-0.4, -0.2) is 33.3 Å². The van der Waals surface area contributed by atoms with E-state index in [1.165, 1.54) is 6.33 Å². The third-order valence-electron chi connectivity index (χ3n) is 5.20. The van der Waals surface area contributed by atoms with Crippen molar-refractivity contribution in [3.05, 3.63) is 59.5 Å². The molecule has 0 saturated heterocycles. The summed E-state index contributed by atoms with van der Waals surface area (Å²) in [6, 6.07) is 13.1. The lowest BCUT2D eigenvalue weighted by molar-refractivity contribution is 0.0541. The van der Waals surface area contributed by atoms with E-state index in [4.69, 9.17) is 26.8 Å². The molecule has 9 nitrogen and oxygen atoms in total. The fourth-order valence-electron chi connectivity index (χ4n) is 3.73. The lowest BCUT2D eigenvalue weighted by atomic mass is 10.0. The minimum absolute atomic E-state index is 0.347. The molecule has 0 aliphatic carbocycles. The Morgan fingerprint density at radius 1 is 1.14 bits per heavy atom. The highest BCUT2D eigenvalue weighted by atomic mass is 35.5. The SMILES string of the molecule is COc1cc(-c2c(Cl)n(-c3cccc(N)c3)c3ncnc(NNC(=O)OC(C)(C)C)c23)ccc1C. The van der Waals surface area contributed by atoms with Crippen LogP contribution in [0.2, 0.25) is 5.15 Å². The summed E-state index contributed by atoms with van der Waals surface area (Å²) in [6.07, 6.45) is 0.740. The molecule has 0 aliphatic rings. The highest BCUT2D eigenvalue weighted by Gasteiger charge is 2.24. The van der Waals surface area contributed by atoms with Crippen molar-refractivity contribution in [2.45, 2.75) is 33.3 Å². The molecule has 0 fully saturated rings. The number of nitrogens with one attached hydrogen (secondary N) is 2. The van der Waals surface area contributed by atoms with Gasteiger partial charge in [0.15, 0.2) is 11.5 Å². The van der Waals surface area contributed by atoms with Crippen LogP contribution in [0, 0.1) is 6.92 Å². The number of rotatable bonds is 5. The van der Waals surface area contributed by atoms with Crippen molar-refractivity contribution in [3.63, 3.8) is 0 Å². The Morgan fingerprint density at radius 2 is 1.91 bits per heavy atom. The predicted octanol–water partition coefficient (Wildman–Crippen LogP) is 5.49. The van der Waals surface area contributed by atoms with Gasteiger partial charge in [-0.15, -0.1) is 0 Å². The highest BCUT2D eigenvalue weighted by Crippen LogP contribution is 2.43. The predicted molar refractivity (Wildman–Crippen MR) is 138 cm³/mol. The summed E-state index contributed by atoms with van der Waals surface area (Å²) >= 11 is 7.00. The van der Waals surface area contributed by atoms with Crippen molar-refractivity contribution in [2.75, 3.05) is 18.3 Å². The Morgan fingerprint density at radius 3 is 2.60 bits per heavy atom. The van der Waals surface area contributed by atoms with Crippen molar-refractivity contribution in [1.29, 1.82) is 0 Å². The third kappa shape index (κ3) is 4.95. The smallest absolute Gasteiger partial charge is 0.426 e. The number of fused-ring (bicyclic) bond motifs is 1. The molecule has 0 radical (unpaired) electrons. The van der Waals surface area contributed by atoms with Gasteiger partial charge < -0.3 is 15.2 Å². The molecule has 2 aromatic carbocycles. The maximum atomic E-state index is 12.3. The molecule has 0 spiro atoms. The average molecular weight is 495 g/mol. The van der Waals surface area contributed by atoms with E-state index in [1.54, 1.807) is 44.6 Å². The van der Waals surface area contributed by atoms with Crippen LogP contribution < -0.4 is 21.3 Å². The van der Waals surface area contributed by atoms with Crippen LogP contribution in [0.1, 0.15) is 26.3 Å². The summed E-state index contributed by atoms with van der Waals surface area (Å²) < 4.78 is 12.6. The second-order valence-electron chi connectivity index (χ2n) is 8.95. The van der Waals surface area contributed by atoms with Crippen molar-refractivity contribution in [2.24, 2.45) is 0 Å². The van der Waals surface area contributed by atoms with Gasteiger partial charge in [-0.1, -0.05) is 29.8 Å². The van der Waals surface area contributed by atoms with Crippen molar-refractivity contribution >= 4 is 40.2 Å². The van der Waals surface area contributed by atoms with E-state index in [0.29, 0.717) is 39.0 Å². The van der Waals surface area contributed by atoms with Gasteiger partial charge in [0.2, 0.25) is 0 Å². The number of nitrogen functional groups attached to an aromatic ring is 1. The fraction of sp³-hybridized carbons (Fsp3) is 0.240. The maximum Gasteiger partial charge on any atom is 0.426 e. The minimum Gasteiger partial charge on any atom is -0.496 e. The molecule has 2 heterocycles. The molecule has 35 heavy (non-hydrogen) atoms. The number of ether oxygens (including phenoxy) is 2. The lowest BCUT2D eigenvalue weighted by Crippen LogP contribution is -2.36. The first-order valence-corrected chi connectivity index (χ1v) is 11.3. The third-order valence-corrected chi connectivity index (χ3v) is 5.56. The highest BCUT2D eigenvalue weighted by molar-refractivity contribution is 6.35. The van der Waals surface area contributed by atoms with E-state index in [1.807, 2.05) is 37.3 Å². The number of halogens is 1. The Bertz CT molecular complexity index is 1410. The van der Waals surface area contributed by atoms with Gasteiger partial charge in [0.1, 0.15) is 22.8 Å². The zero-order chi connectivity index (χ0) is 25.3. The maximum absolute atomic E-state index is 12.3. The van der Waals surface area contributed by atoms with E-state index in [-0.39, 0.29) is 0 Å². The second-order valence-corrected chi connectivity index (χ2v) is 9.31. The first kappa shape index (κ1) is 24.2.